The summed E-state index contributed by atoms with van der Waals surface area (Å²) in [6.45, 7) is 46.9. The van der Waals surface area contributed by atoms with Crippen LogP contribution in [0.25, 0.3) is 0 Å². The molecule has 0 N–H and O–H groups in total. The summed E-state index contributed by atoms with van der Waals surface area (Å²) in [6, 6.07) is 10.3. The average Bonchev–Trinajstić information content (AvgIpc) is 3.18. The first-order chi connectivity index (χ1) is 20.8. The minimum atomic E-state index is -2.30. The Morgan fingerprint density at radius 3 is 1.45 bits per heavy atom. The summed E-state index contributed by atoms with van der Waals surface area (Å²) in [5.41, 5.74) is 1.10. The highest BCUT2D eigenvalue weighted by Crippen LogP contribution is 2.46. The van der Waals surface area contributed by atoms with Crippen LogP contribution in [0.4, 0.5) is 0 Å². The van der Waals surface area contributed by atoms with Crippen molar-refractivity contribution >= 4 is 33.3 Å². The lowest BCUT2D eigenvalue weighted by molar-refractivity contribution is -0.182. The second-order valence-corrected chi connectivity index (χ2v) is 39.0. The minimum absolute atomic E-state index is 0.000918. The van der Waals surface area contributed by atoms with Crippen molar-refractivity contribution in [2.24, 2.45) is 0 Å². The molecule has 274 valence electrons. The van der Waals surface area contributed by atoms with Gasteiger partial charge in [0.25, 0.3) is 0 Å². The van der Waals surface area contributed by atoms with E-state index in [0.29, 0.717) is 13.2 Å². The highest BCUT2D eigenvalue weighted by atomic mass is 28.4. The molecule has 6 nitrogen and oxygen atoms in total. The van der Waals surface area contributed by atoms with Crippen LogP contribution in [0.2, 0.25) is 72.5 Å². The van der Waals surface area contributed by atoms with Gasteiger partial charge in [0.2, 0.25) is 0 Å². The SMILES string of the molecule is CC(C)(C)[Si](C)(C)OC[C@@H](O[Si](C)(C)C(C)(C)C)[C@@H]1O[C@@H](OCc2ccccc2)[C@H](O[Si](C)(C)C(C)(C)C)[C@H]1O[Si](C)(C)C(C)(C)C. The third kappa shape index (κ3) is 10.9. The first-order valence-electron chi connectivity index (χ1n) is 17.8. The van der Waals surface area contributed by atoms with Gasteiger partial charge in [-0.3, -0.25) is 0 Å². The van der Waals surface area contributed by atoms with Crippen LogP contribution >= 0.6 is 0 Å². The van der Waals surface area contributed by atoms with Gasteiger partial charge < -0.3 is 27.2 Å². The molecule has 1 saturated heterocycles. The van der Waals surface area contributed by atoms with Crippen molar-refractivity contribution in [1.82, 2.24) is 0 Å². The summed E-state index contributed by atoms with van der Waals surface area (Å²) in [5.74, 6) is 0. The number of rotatable bonds is 13. The second-order valence-electron chi connectivity index (χ2n) is 19.9. The third-order valence-corrected chi connectivity index (χ3v) is 29.9. The predicted octanol–water partition coefficient (Wildman–Crippen LogP) is 11.1. The van der Waals surface area contributed by atoms with Crippen molar-refractivity contribution in [3.8, 4) is 0 Å². The topological polar surface area (TPSA) is 55.4 Å². The first kappa shape index (κ1) is 43.0. The quantitative estimate of drug-likeness (QED) is 0.189. The molecule has 1 aromatic carbocycles. The highest BCUT2D eigenvalue weighted by molar-refractivity contribution is 6.75. The van der Waals surface area contributed by atoms with Gasteiger partial charge in [-0.15, -0.1) is 0 Å². The summed E-state index contributed by atoms with van der Waals surface area (Å²) in [6.07, 6.45) is -2.14. The molecule has 0 bridgehead atoms. The molecule has 10 heteroatoms. The molecule has 1 heterocycles. The van der Waals surface area contributed by atoms with E-state index in [0.717, 1.165) is 5.56 Å². The lowest BCUT2D eigenvalue weighted by atomic mass is 10.1. The Balaban J connectivity index is 2.74. The summed E-state index contributed by atoms with van der Waals surface area (Å²) in [4.78, 5) is 0. The molecule has 2 rings (SSSR count). The van der Waals surface area contributed by atoms with Crippen LogP contribution in [-0.4, -0.2) is 70.6 Å². The molecule has 1 aliphatic heterocycles. The number of benzene rings is 1. The standard InChI is InChI=1S/C37H74O6Si4/c1-34(2,3)44(13,14)39-27-29(41-45(15,16)35(4,5)6)30-31(42-46(17,18)36(7,8)9)32(43-47(19,20)37(10,11)12)33(40-30)38-26-28-24-22-21-23-25-28/h21-25,29-33H,26-27H2,1-20H3/t29-,30+,31+,32-,33-/m1/s1. The van der Waals surface area contributed by atoms with Gasteiger partial charge in [0.05, 0.1) is 19.3 Å². The fourth-order valence-corrected chi connectivity index (χ4v) is 9.29. The van der Waals surface area contributed by atoms with Crippen molar-refractivity contribution in [3.05, 3.63) is 35.9 Å². The van der Waals surface area contributed by atoms with Crippen LogP contribution in [0.1, 0.15) is 88.6 Å². The maximum atomic E-state index is 7.43. The Hall–Kier alpha value is -0.152. The maximum Gasteiger partial charge on any atom is 0.192 e. The molecular formula is C37H74O6Si4. The van der Waals surface area contributed by atoms with E-state index in [2.05, 4.69) is 148 Å². The minimum Gasteiger partial charge on any atom is -0.414 e. The predicted molar refractivity (Wildman–Crippen MR) is 209 cm³/mol. The van der Waals surface area contributed by atoms with Crippen LogP contribution in [0.5, 0.6) is 0 Å². The molecule has 1 fully saturated rings. The zero-order valence-electron chi connectivity index (χ0n) is 34.1. The van der Waals surface area contributed by atoms with Gasteiger partial charge >= 0.3 is 0 Å². The molecule has 0 saturated carbocycles. The lowest BCUT2D eigenvalue weighted by Crippen LogP contribution is -2.58. The first-order valence-corrected chi connectivity index (χ1v) is 29.4. The fraction of sp³-hybridized carbons (Fsp3) is 0.838. The normalized spacial score (nSPS) is 23.3. The van der Waals surface area contributed by atoms with E-state index in [1.165, 1.54) is 0 Å². The second kappa shape index (κ2) is 14.8. The van der Waals surface area contributed by atoms with Gasteiger partial charge in [-0.25, -0.2) is 0 Å². The van der Waals surface area contributed by atoms with Crippen LogP contribution in [0.15, 0.2) is 30.3 Å². The fourth-order valence-electron chi connectivity index (χ4n) is 4.39. The maximum absolute atomic E-state index is 7.43. The Kier molecular flexibility index (Phi) is 13.6. The van der Waals surface area contributed by atoms with E-state index in [-0.39, 0.29) is 32.4 Å². The molecule has 0 radical (unpaired) electrons. The van der Waals surface area contributed by atoms with Gasteiger partial charge in [-0.1, -0.05) is 113 Å². The van der Waals surface area contributed by atoms with Crippen LogP contribution in [0, 0.1) is 0 Å². The zero-order chi connectivity index (χ0) is 36.7. The molecule has 0 spiro atoms. The number of ether oxygens (including phenoxy) is 2. The van der Waals surface area contributed by atoms with Gasteiger partial charge in [0.1, 0.15) is 18.3 Å². The highest BCUT2D eigenvalue weighted by Gasteiger charge is 2.57. The van der Waals surface area contributed by atoms with E-state index in [9.17, 15) is 0 Å². The molecule has 5 atom stereocenters. The average molecular weight is 727 g/mol. The van der Waals surface area contributed by atoms with Crippen molar-refractivity contribution in [2.75, 3.05) is 6.61 Å². The van der Waals surface area contributed by atoms with Crippen molar-refractivity contribution in [2.45, 2.75) is 193 Å². The number of hydrogen-bond acceptors (Lipinski definition) is 6. The summed E-state index contributed by atoms with van der Waals surface area (Å²) in [7, 11) is -8.94. The smallest absolute Gasteiger partial charge is 0.192 e. The van der Waals surface area contributed by atoms with Crippen molar-refractivity contribution < 1.29 is 27.2 Å². The molecule has 0 aromatic heterocycles. The summed E-state index contributed by atoms with van der Waals surface area (Å²) in [5, 5.41) is 0.0722. The van der Waals surface area contributed by atoms with Crippen molar-refractivity contribution in [1.29, 1.82) is 0 Å². The van der Waals surface area contributed by atoms with Crippen LogP contribution < -0.4 is 0 Å². The molecular weight excluding hydrogens is 653 g/mol. The van der Waals surface area contributed by atoms with Crippen molar-refractivity contribution in [3.63, 3.8) is 0 Å². The molecule has 1 aliphatic rings. The van der Waals surface area contributed by atoms with Gasteiger partial charge in [0, 0.05) is 0 Å². The molecule has 0 amide bonds. The van der Waals surface area contributed by atoms with Gasteiger partial charge in [-0.2, -0.15) is 0 Å². The molecule has 0 unspecified atom stereocenters. The van der Waals surface area contributed by atoms with E-state index in [4.69, 9.17) is 27.2 Å². The zero-order valence-corrected chi connectivity index (χ0v) is 38.1. The Bertz CT molecular complexity index is 1130. The van der Waals surface area contributed by atoms with E-state index in [1.54, 1.807) is 0 Å². The Labute approximate surface area is 294 Å². The molecule has 47 heavy (non-hydrogen) atoms. The summed E-state index contributed by atoms with van der Waals surface area (Å²) < 4.78 is 42.9. The van der Waals surface area contributed by atoms with Crippen LogP contribution in [0.3, 0.4) is 0 Å². The van der Waals surface area contributed by atoms with Gasteiger partial charge in [0.15, 0.2) is 39.6 Å². The van der Waals surface area contributed by atoms with Crippen LogP contribution in [-0.2, 0) is 33.8 Å². The molecule has 1 aromatic rings. The Morgan fingerprint density at radius 2 is 1.02 bits per heavy atom. The van der Waals surface area contributed by atoms with E-state index >= 15 is 0 Å². The Morgan fingerprint density at radius 1 is 0.596 bits per heavy atom. The number of hydrogen-bond donors (Lipinski definition) is 0. The van der Waals surface area contributed by atoms with E-state index < -0.39 is 51.8 Å². The largest absolute Gasteiger partial charge is 0.414 e. The molecule has 0 aliphatic carbocycles. The monoisotopic (exact) mass is 726 g/mol. The lowest BCUT2D eigenvalue weighted by Gasteiger charge is -2.46. The van der Waals surface area contributed by atoms with E-state index in [1.807, 2.05) is 18.2 Å². The third-order valence-electron chi connectivity index (χ3n) is 12.0. The summed E-state index contributed by atoms with van der Waals surface area (Å²) >= 11 is 0. The van der Waals surface area contributed by atoms with Gasteiger partial charge in [-0.05, 0) is 78.1 Å².